The van der Waals surface area contributed by atoms with Crippen LogP contribution in [-0.2, 0) is 6.42 Å². The minimum Gasteiger partial charge on any atom is -0.497 e. The summed E-state index contributed by atoms with van der Waals surface area (Å²) < 4.78 is 6.05. The largest absolute Gasteiger partial charge is 0.497 e. The number of halogens is 3. The van der Waals surface area contributed by atoms with Crippen LogP contribution in [0.2, 0.25) is 5.02 Å². The van der Waals surface area contributed by atoms with Crippen molar-refractivity contribution in [2.45, 2.75) is 11.8 Å². The number of alkyl halides is 1. The van der Waals surface area contributed by atoms with E-state index < -0.39 is 0 Å². The molecule has 5 heteroatoms. The maximum Gasteiger partial charge on any atom is 0.118 e. The van der Waals surface area contributed by atoms with Crippen molar-refractivity contribution in [2.24, 2.45) is 0 Å². The molecule has 2 aromatic rings. The van der Waals surface area contributed by atoms with E-state index >= 15 is 0 Å². The first-order valence-corrected chi connectivity index (χ1v) is 7.74. The Morgan fingerprint density at radius 3 is 2.50 bits per heavy atom. The summed E-state index contributed by atoms with van der Waals surface area (Å²) in [5, 5.41) is 0.655. The van der Waals surface area contributed by atoms with Crippen molar-refractivity contribution in [3.63, 3.8) is 0 Å². The lowest BCUT2D eigenvalue weighted by Crippen LogP contribution is -1.93. The fraction of sp³-hybridized carbons (Fsp3) is 0.231. The van der Waals surface area contributed by atoms with Crippen molar-refractivity contribution >= 4 is 50.5 Å². The van der Waals surface area contributed by atoms with E-state index in [1.54, 1.807) is 18.4 Å². The van der Waals surface area contributed by atoms with Gasteiger partial charge in [0.05, 0.1) is 21.3 Å². The Hall–Kier alpha value is -0.220. The predicted molar refractivity (Wildman–Crippen MR) is 82.3 cm³/mol. The number of rotatable bonds is 4. The monoisotopic (exact) mass is 364 g/mol. The number of hydrogen-bond donors (Lipinski definition) is 0. The van der Waals surface area contributed by atoms with Crippen LogP contribution in [0, 0.1) is 0 Å². The summed E-state index contributed by atoms with van der Waals surface area (Å²) in [6, 6.07) is 9.85. The van der Waals surface area contributed by atoms with Crippen LogP contribution in [0.3, 0.4) is 0 Å². The first-order chi connectivity index (χ1) is 8.60. The van der Waals surface area contributed by atoms with Crippen LogP contribution in [0.1, 0.15) is 15.8 Å². The maximum absolute atomic E-state index is 6.40. The molecule has 0 saturated carbocycles. The quantitative estimate of drug-likeness (QED) is 0.632. The lowest BCUT2D eigenvalue weighted by atomic mass is 10.1. The Morgan fingerprint density at radius 2 is 2.00 bits per heavy atom. The predicted octanol–water partition coefficient (Wildman–Crippen LogP) is 5.70. The zero-order chi connectivity index (χ0) is 13.1. The first kappa shape index (κ1) is 14.2. The number of hydrogen-bond acceptors (Lipinski definition) is 2. The van der Waals surface area contributed by atoms with E-state index in [-0.39, 0.29) is 5.38 Å². The molecule has 1 unspecified atom stereocenters. The molecule has 2 rings (SSSR count). The zero-order valence-electron chi connectivity index (χ0n) is 9.62. The number of ether oxygens (including phenoxy) is 1. The smallest absolute Gasteiger partial charge is 0.118 e. The van der Waals surface area contributed by atoms with Gasteiger partial charge < -0.3 is 4.74 Å². The molecule has 1 atom stereocenters. The van der Waals surface area contributed by atoms with Crippen molar-refractivity contribution in [1.29, 1.82) is 0 Å². The lowest BCUT2D eigenvalue weighted by molar-refractivity contribution is 0.414. The molecular formula is C13H11BrCl2OS. The Kier molecular flexibility index (Phi) is 4.96. The summed E-state index contributed by atoms with van der Waals surface area (Å²) in [5.74, 6) is 0.854. The molecule has 1 aromatic heterocycles. The highest BCUT2D eigenvalue weighted by atomic mass is 79.9. The third-order valence-electron chi connectivity index (χ3n) is 2.55. The fourth-order valence-corrected chi connectivity index (χ4v) is 3.69. The van der Waals surface area contributed by atoms with Crippen LogP contribution in [-0.4, -0.2) is 7.11 Å². The highest BCUT2D eigenvalue weighted by Gasteiger charge is 2.14. The SMILES string of the molecule is COc1ccc(CC(Cl)c2cc(Cl)c(Br)s2)cc1. The van der Waals surface area contributed by atoms with E-state index in [1.807, 2.05) is 30.3 Å². The van der Waals surface area contributed by atoms with Gasteiger partial charge in [-0.1, -0.05) is 23.7 Å². The third-order valence-corrected chi connectivity index (χ3v) is 5.65. The van der Waals surface area contributed by atoms with E-state index in [9.17, 15) is 0 Å². The Labute approximate surface area is 129 Å². The third kappa shape index (κ3) is 3.41. The molecule has 0 aliphatic heterocycles. The van der Waals surface area contributed by atoms with Gasteiger partial charge in [-0.3, -0.25) is 0 Å². The normalized spacial score (nSPS) is 12.4. The Bertz CT molecular complexity index is 505. The molecule has 0 N–H and O–H groups in total. The second-order valence-corrected chi connectivity index (χ2v) is 7.13. The second kappa shape index (κ2) is 6.29. The van der Waals surface area contributed by atoms with Crippen molar-refractivity contribution in [2.75, 3.05) is 7.11 Å². The molecule has 0 fully saturated rings. The number of thiophene rings is 1. The summed E-state index contributed by atoms with van der Waals surface area (Å²) in [7, 11) is 1.66. The van der Waals surface area contributed by atoms with E-state index in [0.717, 1.165) is 25.9 Å². The molecule has 0 amide bonds. The van der Waals surface area contributed by atoms with Gasteiger partial charge in [0.2, 0.25) is 0 Å². The summed E-state index contributed by atoms with van der Waals surface area (Å²) >= 11 is 17.4. The van der Waals surface area contributed by atoms with Crippen LogP contribution in [0.5, 0.6) is 5.75 Å². The first-order valence-electron chi connectivity index (χ1n) is 5.32. The molecule has 0 aliphatic carbocycles. The maximum atomic E-state index is 6.40. The summed E-state index contributed by atoms with van der Waals surface area (Å²) in [6.45, 7) is 0. The van der Waals surface area contributed by atoms with E-state index in [1.165, 1.54) is 5.56 Å². The minimum atomic E-state index is -0.0628. The fourth-order valence-electron chi connectivity index (χ4n) is 1.59. The van der Waals surface area contributed by atoms with Crippen molar-refractivity contribution in [3.8, 4) is 5.75 Å². The molecule has 18 heavy (non-hydrogen) atoms. The van der Waals surface area contributed by atoms with Crippen LogP contribution in [0.15, 0.2) is 34.1 Å². The van der Waals surface area contributed by atoms with Crippen LogP contribution >= 0.6 is 50.5 Å². The average molecular weight is 366 g/mol. The van der Waals surface area contributed by atoms with Gasteiger partial charge in [-0.2, -0.15) is 0 Å². The summed E-state index contributed by atoms with van der Waals surface area (Å²) in [5.41, 5.74) is 1.18. The number of benzene rings is 1. The molecule has 0 bridgehead atoms. The van der Waals surface area contributed by atoms with Gasteiger partial charge in [-0.15, -0.1) is 22.9 Å². The van der Waals surface area contributed by atoms with E-state index in [4.69, 9.17) is 27.9 Å². The van der Waals surface area contributed by atoms with Crippen LogP contribution in [0.4, 0.5) is 0 Å². The van der Waals surface area contributed by atoms with Gasteiger partial charge in [-0.25, -0.2) is 0 Å². The minimum absolute atomic E-state index is 0.0628. The molecular weight excluding hydrogens is 355 g/mol. The zero-order valence-corrected chi connectivity index (χ0v) is 13.5. The van der Waals surface area contributed by atoms with E-state index in [0.29, 0.717) is 0 Å². The lowest BCUT2D eigenvalue weighted by Gasteiger charge is -2.08. The van der Waals surface area contributed by atoms with Crippen molar-refractivity contribution in [1.82, 2.24) is 0 Å². The topological polar surface area (TPSA) is 9.23 Å². The average Bonchev–Trinajstić information content (AvgIpc) is 2.71. The van der Waals surface area contributed by atoms with Crippen LogP contribution in [0.25, 0.3) is 0 Å². The van der Waals surface area contributed by atoms with Gasteiger partial charge in [0.25, 0.3) is 0 Å². The molecule has 0 spiro atoms. The highest BCUT2D eigenvalue weighted by Crippen LogP contribution is 2.38. The standard InChI is InChI=1S/C13H11BrCl2OS/c1-17-9-4-2-8(3-5-9)6-10(15)12-7-11(16)13(14)18-12/h2-5,7,10H,6H2,1H3. The Balaban J connectivity index is 2.08. The molecule has 0 radical (unpaired) electrons. The van der Waals surface area contributed by atoms with Gasteiger partial charge in [-0.05, 0) is 46.1 Å². The van der Waals surface area contributed by atoms with Crippen molar-refractivity contribution < 1.29 is 4.74 Å². The highest BCUT2D eigenvalue weighted by molar-refractivity contribution is 9.11. The van der Waals surface area contributed by atoms with Gasteiger partial charge in [0.15, 0.2) is 0 Å². The van der Waals surface area contributed by atoms with Gasteiger partial charge >= 0.3 is 0 Å². The van der Waals surface area contributed by atoms with Crippen molar-refractivity contribution in [3.05, 3.63) is 49.6 Å². The van der Waals surface area contributed by atoms with Crippen LogP contribution < -0.4 is 4.74 Å². The molecule has 0 aliphatic rings. The van der Waals surface area contributed by atoms with E-state index in [2.05, 4.69) is 15.9 Å². The number of methoxy groups -OCH3 is 1. The molecule has 1 heterocycles. The van der Waals surface area contributed by atoms with Gasteiger partial charge in [0, 0.05) is 4.88 Å². The molecule has 96 valence electrons. The summed E-state index contributed by atoms with van der Waals surface area (Å²) in [6.07, 6.45) is 0.773. The molecule has 1 aromatic carbocycles. The second-order valence-electron chi connectivity index (χ2n) is 3.79. The molecule has 1 nitrogen and oxygen atoms in total. The van der Waals surface area contributed by atoms with Gasteiger partial charge in [0.1, 0.15) is 5.75 Å². The molecule has 0 saturated heterocycles. The summed E-state index contributed by atoms with van der Waals surface area (Å²) in [4.78, 5) is 1.07. The Morgan fingerprint density at radius 1 is 1.33 bits per heavy atom.